The maximum Gasteiger partial charge on any atom is 0.335 e. The predicted octanol–water partition coefficient (Wildman–Crippen LogP) is 6.59. The minimum Gasteiger partial charge on any atom is -0.478 e. The Labute approximate surface area is 200 Å². The lowest BCUT2D eigenvalue weighted by Crippen LogP contribution is -2.14. The van der Waals surface area contributed by atoms with Crippen LogP contribution >= 0.6 is 11.3 Å². The highest BCUT2D eigenvalue weighted by molar-refractivity contribution is 7.16. The topological polar surface area (TPSA) is 91.9 Å². The number of rotatable bonds is 6. The molecule has 4 aromatic rings. The molecule has 0 aliphatic heterocycles. The molecule has 1 aliphatic rings. The van der Waals surface area contributed by atoms with Crippen molar-refractivity contribution in [3.05, 3.63) is 94.1 Å². The summed E-state index contributed by atoms with van der Waals surface area (Å²) in [5.74, 6) is 0.0602. The number of thiophene rings is 1. The number of hydrogen-bond acceptors (Lipinski definition) is 5. The zero-order chi connectivity index (χ0) is 23.5. The molecule has 2 N–H and O–H groups in total. The van der Waals surface area contributed by atoms with Crippen LogP contribution in [0.25, 0.3) is 11.3 Å². The number of nitrogens with zero attached hydrogens (tertiary/aromatic N) is 1. The van der Waals surface area contributed by atoms with Crippen molar-refractivity contribution < 1.29 is 19.1 Å². The second-order valence-electron chi connectivity index (χ2n) is 8.05. The van der Waals surface area contributed by atoms with E-state index in [0.717, 1.165) is 42.5 Å². The minimum absolute atomic E-state index is 0.142. The van der Waals surface area contributed by atoms with Gasteiger partial charge in [0.2, 0.25) is 0 Å². The Morgan fingerprint density at radius 3 is 2.50 bits per heavy atom. The zero-order valence-electron chi connectivity index (χ0n) is 18.3. The standard InChI is InChI=1S/C27H22N2O4S/c30-25(29-19-6-2-1-3-7-19)24-21-8-4-5-9-23(21)34-26(24)28-16-20-14-15-22(33-20)17-10-12-18(13-11-17)27(31)32/h1-3,6-7,10-16H,4-5,8-9H2,(H,29,30)(H,31,32). The molecule has 34 heavy (non-hydrogen) atoms. The molecule has 0 spiro atoms. The highest BCUT2D eigenvalue weighted by Crippen LogP contribution is 2.40. The van der Waals surface area contributed by atoms with Crippen molar-refractivity contribution in [2.24, 2.45) is 4.99 Å². The zero-order valence-corrected chi connectivity index (χ0v) is 19.1. The van der Waals surface area contributed by atoms with E-state index in [1.165, 1.54) is 4.88 Å². The summed E-state index contributed by atoms with van der Waals surface area (Å²) in [6, 6.07) is 19.6. The maximum atomic E-state index is 13.2. The number of carboxylic acids is 1. The van der Waals surface area contributed by atoms with E-state index < -0.39 is 5.97 Å². The minimum atomic E-state index is -0.968. The van der Waals surface area contributed by atoms with Crippen molar-refractivity contribution in [2.75, 3.05) is 5.32 Å². The first-order valence-electron chi connectivity index (χ1n) is 11.1. The van der Waals surface area contributed by atoms with E-state index >= 15 is 0 Å². The summed E-state index contributed by atoms with van der Waals surface area (Å²) in [6.07, 6.45) is 5.68. The second kappa shape index (κ2) is 9.49. The molecule has 0 unspecified atom stereocenters. The van der Waals surface area contributed by atoms with Gasteiger partial charge in [-0.1, -0.05) is 30.3 Å². The fourth-order valence-electron chi connectivity index (χ4n) is 4.07. The predicted molar refractivity (Wildman–Crippen MR) is 134 cm³/mol. The van der Waals surface area contributed by atoms with Gasteiger partial charge < -0.3 is 14.8 Å². The van der Waals surface area contributed by atoms with Crippen LogP contribution in [-0.2, 0) is 12.8 Å². The average Bonchev–Trinajstić information content (AvgIpc) is 3.48. The van der Waals surface area contributed by atoms with Crippen molar-refractivity contribution >= 4 is 40.1 Å². The third-order valence-corrected chi connectivity index (χ3v) is 6.96. The van der Waals surface area contributed by atoms with Gasteiger partial charge in [0.15, 0.2) is 0 Å². The monoisotopic (exact) mass is 470 g/mol. The lowest BCUT2D eigenvalue weighted by atomic mass is 9.95. The summed E-state index contributed by atoms with van der Waals surface area (Å²) < 4.78 is 5.90. The number of carbonyl (C=O) groups excluding carboxylic acids is 1. The number of aliphatic imine (C=N–C) groups is 1. The lowest BCUT2D eigenvalue weighted by Gasteiger charge is -2.12. The van der Waals surface area contributed by atoms with Gasteiger partial charge in [-0.25, -0.2) is 9.79 Å². The Balaban J connectivity index is 1.41. The van der Waals surface area contributed by atoms with Crippen LogP contribution in [0.15, 0.2) is 76.1 Å². The van der Waals surface area contributed by atoms with Crippen molar-refractivity contribution in [2.45, 2.75) is 25.7 Å². The molecular formula is C27H22N2O4S. The van der Waals surface area contributed by atoms with Crippen molar-refractivity contribution in [1.29, 1.82) is 0 Å². The molecule has 0 fully saturated rings. The van der Waals surface area contributed by atoms with Crippen molar-refractivity contribution in [3.8, 4) is 11.3 Å². The van der Waals surface area contributed by atoms with E-state index in [0.29, 0.717) is 22.1 Å². The summed E-state index contributed by atoms with van der Waals surface area (Å²) >= 11 is 1.57. The number of fused-ring (bicyclic) bond motifs is 1. The Kier molecular flexibility index (Phi) is 6.10. The highest BCUT2D eigenvalue weighted by atomic mass is 32.1. The van der Waals surface area contributed by atoms with Crippen LogP contribution in [0.2, 0.25) is 0 Å². The van der Waals surface area contributed by atoms with Gasteiger partial charge in [0, 0.05) is 16.1 Å². The largest absolute Gasteiger partial charge is 0.478 e. The molecule has 2 heterocycles. The molecule has 5 rings (SSSR count). The van der Waals surface area contributed by atoms with E-state index in [-0.39, 0.29) is 11.5 Å². The van der Waals surface area contributed by atoms with Gasteiger partial charge in [0.25, 0.3) is 5.91 Å². The molecule has 0 atom stereocenters. The summed E-state index contributed by atoms with van der Waals surface area (Å²) in [5, 5.41) is 12.7. The molecule has 1 amide bonds. The van der Waals surface area contributed by atoms with Crippen LogP contribution in [0.3, 0.4) is 0 Å². The summed E-state index contributed by atoms with van der Waals surface area (Å²) in [6.45, 7) is 0. The van der Waals surface area contributed by atoms with Crippen LogP contribution in [0, 0.1) is 0 Å². The first-order chi connectivity index (χ1) is 16.6. The Hall–Kier alpha value is -3.97. The summed E-state index contributed by atoms with van der Waals surface area (Å²) in [7, 11) is 0. The first-order valence-corrected chi connectivity index (χ1v) is 11.9. The third kappa shape index (κ3) is 4.56. The fraction of sp³-hybridized carbons (Fsp3) is 0.148. The molecule has 7 heteroatoms. The maximum absolute atomic E-state index is 13.2. The molecule has 0 saturated carbocycles. The SMILES string of the molecule is O=C(O)c1ccc(-c2ccc(C=Nc3sc4c(c3C(=O)Nc3ccccc3)CCCC4)o2)cc1. The highest BCUT2D eigenvalue weighted by Gasteiger charge is 2.25. The second-order valence-corrected chi connectivity index (χ2v) is 9.14. The van der Waals surface area contributed by atoms with Crippen LogP contribution in [0.1, 0.15) is 49.8 Å². The van der Waals surface area contributed by atoms with E-state index in [1.54, 1.807) is 47.9 Å². The third-order valence-electron chi connectivity index (χ3n) is 5.76. The van der Waals surface area contributed by atoms with Gasteiger partial charge in [0.05, 0.1) is 17.3 Å². The molecule has 2 aromatic carbocycles. The van der Waals surface area contributed by atoms with E-state index in [2.05, 4.69) is 10.3 Å². The van der Waals surface area contributed by atoms with Gasteiger partial charge >= 0.3 is 5.97 Å². The van der Waals surface area contributed by atoms with E-state index in [1.807, 2.05) is 36.4 Å². The van der Waals surface area contributed by atoms with Crippen LogP contribution in [0.5, 0.6) is 0 Å². The van der Waals surface area contributed by atoms with Crippen molar-refractivity contribution in [1.82, 2.24) is 0 Å². The number of benzene rings is 2. The van der Waals surface area contributed by atoms with E-state index in [4.69, 9.17) is 9.52 Å². The number of furan rings is 1. The number of carboxylic acid groups (broad SMARTS) is 1. The smallest absolute Gasteiger partial charge is 0.335 e. The van der Waals surface area contributed by atoms with Gasteiger partial charge in [-0.3, -0.25) is 4.79 Å². The number of hydrogen-bond donors (Lipinski definition) is 2. The molecule has 2 aromatic heterocycles. The van der Waals surface area contributed by atoms with Crippen molar-refractivity contribution in [3.63, 3.8) is 0 Å². The molecule has 0 saturated heterocycles. The van der Waals surface area contributed by atoms with Crippen LogP contribution in [0.4, 0.5) is 10.7 Å². The molecular weight excluding hydrogens is 448 g/mol. The van der Waals surface area contributed by atoms with Gasteiger partial charge in [-0.15, -0.1) is 11.3 Å². The number of anilines is 1. The average molecular weight is 471 g/mol. The number of amides is 1. The van der Waals surface area contributed by atoms with E-state index in [9.17, 15) is 9.59 Å². The number of nitrogens with one attached hydrogen (secondary N) is 1. The normalized spacial score (nSPS) is 13.1. The summed E-state index contributed by atoms with van der Waals surface area (Å²) in [5.41, 5.74) is 3.51. The lowest BCUT2D eigenvalue weighted by molar-refractivity contribution is 0.0696. The number of carbonyl (C=O) groups is 2. The molecule has 1 aliphatic carbocycles. The number of aryl methyl sites for hydroxylation is 1. The fourth-order valence-corrected chi connectivity index (χ4v) is 5.30. The number of aromatic carboxylic acids is 1. The van der Waals surface area contributed by atoms with Gasteiger partial charge in [-0.2, -0.15) is 0 Å². The molecule has 6 nitrogen and oxygen atoms in total. The summed E-state index contributed by atoms with van der Waals surface area (Å²) in [4.78, 5) is 30.1. The number of para-hydroxylation sites is 1. The molecule has 170 valence electrons. The Morgan fingerprint density at radius 1 is 0.971 bits per heavy atom. The Morgan fingerprint density at radius 2 is 1.74 bits per heavy atom. The first kappa shape index (κ1) is 21.9. The molecule has 0 bridgehead atoms. The Bertz CT molecular complexity index is 1370. The quantitative estimate of drug-likeness (QED) is 0.311. The van der Waals surface area contributed by atoms with Crippen LogP contribution < -0.4 is 5.32 Å². The van der Waals surface area contributed by atoms with Crippen LogP contribution in [-0.4, -0.2) is 23.2 Å². The van der Waals surface area contributed by atoms with Gasteiger partial charge in [0.1, 0.15) is 16.5 Å². The van der Waals surface area contributed by atoms with Gasteiger partial charge in [-0.05, 0) is 67.6 Å². The molecule has 0 radical (unpaired) electrons.